The number of anilines is 1. The smallest absolute Gasteiger partial charge is 0.196 e. The highest BCUT2D eigenvalue weighted by Gasteiger charge is 2.09. The topological polar surface area (TPSA) is 61.1 Å². The first kappa shape index (κ1) is 13.3. The van der Waals surface area contributed by atoms with E-state index >= 15 is 0 Å². The molecule has 1 aromatic heterocycles. The fourth-order valence-electron chi connectivity index (χ4n) is 1.84. The van der Waals surface area contributed by atoms with Crippen LogP contribution < -0.4 is 5.43 Å². The Morgan fingerprint density at radius 1 is 1.19 bits per heavy atom. The van der Waals surface area contributed by atoms with Crippen molar-refractivity contribution < 1.29 is 0 Å². The lowest BCUT2D eigenvalue weighted by atomic mass is 10.2. The van der Waals surface area contributed by atoms with Crippen molar-refractivity contribution in [3.05, 3.63) is 59.1 Å². The molecule has 0 aliphatic carbocycles. The summed E-state index contributed by atoms with van der Waals surface area (Å²) in [6.45, 7) is 2.02. The summed E-state index contributed by atoms with van der Waals surface area (Å²) in [4.78, 5) is 4.44. The van der Waals surface area contributed by atoms with Crippen LogP contribution in [0.2, 0.25) is 0 Å². The lowest BCUT2D eigenvalue weighted by Gasteiger charge is -2.00. The second-order valence-electron chi connectivity index (χ2n) is 4.54. The van der Waals surface area contributed by atoms with Crippen LogP contribution in [0.1, 0.15) is 10.6 Å². The molecule has 0 radical (unpaired) electrons. The Morgan fingerprint density at radius 3 is 2.67 bits per heavy atom. The predicted octanol–water partition coefficient (Wildman–Crippen LogP) is 3.94. The first-order valence-corrected chi connectivity index (χ1v) is 7.24. The van der Waals surface area contributed by atoms with Crippen molar-refractivity contribution >= 4 is 33.0 Å². The average molecular weight is 292 g/mol. The number of nitrogens with one attached hydrogen (secondary N) is 1. The van der Waals surface area contributed by atoms with Gasteiger partial charge in [-0.25, -0.2) is 4.98 Å². The number of hydrogen-bond acceptors (Lipinski definition) is 5. The molecule has 0 unspecified atom stereocenters. The van der Waals surface area contributed by atoms with E-state index in [1.54, 1.807) is 0 Å². The van der Waals surface area contributed by atoms with Crippen molar-refractivity contribution in [3.63, 3.8) is 0 Å². The van der Waals surface area contributed by atoms with E-state index in [-0.39, 0.29) is 5.71 Å². The van der Waals surface area contributed by atoms with Crippen LogP contribution >= 0.6 is 11.3 Å². The fourth-order valence-corrected chi connectivity index (χ4v) is 2.75. The number of thiazole rings is 1. The molecule has 0 spiro atoms. The molecular weight excluding hydrogens is 280 g/mol. The van der Waals surface area contributed by atoms with E-state index in [0.29, 0.717) is 5.01 Å². The molecule has 0 saturated carbocycles. The quantitative estimate of drug-likeness (QED) is 0.587. The Morgan fingerprint density at radius 2 is 1.95 bits per heavy atom. The molecule has 2 aromatic carbocycles. The first-order valence-electron chi connectivity index (χ1n) is 6.42. The zero-order valence-electron chi connectivity index (χ0n) is 11.4. The maximum Gasteiger partial charge on any atom is 0.196 e. The lowest BCUT2D eigenvalue weighted by molar-refractivity contribution is 1.31. The molecule has 5 heteroatoms. The summed E-state index contributed by atoms with van der Waals surface area (Å²) in [5.41, 5.74) is 6.09. The minimum atomic E-state index is 0.289. The monoisotopic (exact) mass is 292 g/mol. The summed E-state index contributed by atoms with van der Waals surface area (Å²) in [5, 5.41) is 14.1. The molecule has 3 rings (SSSR count). The number of benzene rings is 2. The number of nitrogens with zero attached hydrogens (tertiary/aromatic N) is 3. The Hall–Kier alpha value is -2.71. The van der Waals surface area contributed by atoms with Gasteiger partial charge in [0.2, 0.25) is 0 Å². The number of hydrazone groups is 1. The van der Waals surface area contributed by atoms with Crippen LogP contribution in [0, 0.1) is 18.3 Å². The van der Waals surface area contributed by atoms with Crippen molar-refractivity contribution in [2.75, 3.05) is 5.43 Å². The molecule has 102 valence electrons. The van der Waals surface area contributed by atoms with Gasteiger partial charge >= 0.3 is 0 Å². The summed E-state index contributed by atoms with van der Waals surface area (Å²) in [7, 11) is 0. The summed E-state index contributed by atoms with van der Waals surface area (Å²) in [6, 6.07) is 17.7. The summed E-state index contributed by atoms with van der Waals surface area (Å²) >= 11 is 1.46. The van der Waals surface area contributed by atoms with E-state index in [1.807, 2.05) is 55.5 Å². The van der Waals surface area contributed by atoms with E-state index in [1.165, 1.54) is 16.9 Å². The third-order valence-electron chi connectivity index (χ3n) is 2.95. The highest BCUT2D eigenvalue weighted by Crippen LogP contribution is 2.22. The Labute approximate surface area is 126 Å². The number of para-hydroxylation sites is 1. The van der Waals surface area contributed by atoms with Gasteiger partial charge in [-0.15, -0.1) is 11.3 Å². The van der Waals surface area contributed by atoms with Gasteiger partial charge in [-0.3, -0.25) is 5.43 Å². The minimum Gasteiger partial charge on any atom is -0.277 e. The third-order valence-corrected chi connectivity index (χ3v) is 3.99. The highest BCUT2D eigenvalue weighted by molar-refractivity contribution is 7.20. The van der Waals surface area contributed by atoms with E-state index in [9.17, 15) is 5.26 Å². The SMILES string of the molecule is Cc1ccc(N/N=C(\C#N)c2nc3ccccc3s2)cc1. The van der Waals surface area contributed by atoms with Gasteiger partial charge in [-0.2, -0.15) is 10.4 Å². The summed E-state index contributed by atoms with van der Waals surface area (Å²) in [5.74, 6) is 0. The van der Waals surface area contributed by atoms with Crippen LogP contribution in [0.4, 0.5) is 5.69 Å². The lowest BCUT2D eigenvalue weighted by Crippen LogP contribution is -2.01. The molecule has 1 N–H and O–H groups in total. The minimum absolute atomic E-state index is 0.289. The van der Waals surface area contributed by atoms with E-state index in [0.717, 1.165) is 15.9 Å². The molecular formula is C16H12N4S. The van der Waals surface area contributed by atoms with Gasteiger partial charge in [0.1, 0.15) is 6.07 Å². The zero-order valence-corrected chi connectivity index (χ0v) is 12.2. The van der Waals surface area contributed by atoms with Crippen LogP contribution in [0.3, 0.4) is 0 Å². The molecule has 3 aromatic rings. The molecule has 0 amide bonds. The Kier molecular flexibility index (Phi) is 3.63. The van der Waals surface area contributed by atoms with Crippen LogP contribution in [0.5, 0.6) is 0 Å². The molecule has 0 bridgehead atoms. The molecule has 0 fully saturated rings. The molecule has 0 saturated heterocycles. The van der Waals surface area contributed by atoms with Crippen molar-refractivity contribution in [3.8, 4) is 6.07 Å². The molecule has 4 nitrogen and oxygen atoms in total. The average Bonchev–Trinajstić information content (AvgIpc) is 2.93. The Bertz CT molecular complexity index is 808. The maximum atomic E-state index is 9.27. The Balaban J connectivity index is 1.89. The number of rotatable bonds is 3. The normalized spacial score (nSPS) is 11.3. The van der Waals surface area contributed by atoms with Crippen molar-refractivity contribution in [1.82, 2.24) is 4.98 Å². The standard InChI is InChI=1S/C16H12N4S/c1-11-6-8-12(9-7-11)19-20-14(10-17)16-18-13-4-2-3-5-15(13)21-16/h2-9,19H,1H3/b20-14+. The van der Waals surface area contributed by atoms with E-state index in [2.05, 4.69) is 21.6 Å². The molecule has 0 aliphatic rings. The second kappa shape index (κ2) is 5.73. The van der Waals surface area contributed by atoms with Gasteiger partial charge in [-0.1, -0.05) is 29.8 Å². The largest absolute Gasteiger partial charge is 0.277 e. The number of hydrogen-bond donors (Lipinski definition) is 1. The van der Waals surface area contributed by atoms with Crippen molar-refractivity contribution in [2.45, 2.75) is 6.92 Å². The van der Waals surface area contributed by atoms with Crippen molar-refractivity contribution in [2.24, 2.45) is 5.10 Å². The molecule has 0 atom stereocenters. The zero-order chi connectivity index (χ0) is 14.7. The fraction of sp³-hybridized carbons (Fsp3) is 0.0625. The maximum absolute atomic E-state index is 9.27. The number of nitriles is 1. The van der Waals surface area contributed by atoms with Gasteiger partial charge < -0.3 is 0 Å². The third kappa shape index (κ3) is 2.91. The van der Waals surface area contributed by atoms with Gasteiger partial charge in [0.25, 0.3) is 0 Å². The predicted molar refractivity (Wildman–Crippen MR) is 86.6 cm³/mol. The van der Waals surface area contributed by atoms with Gasteiger partial charge in [0.15, 0.2) is 10.7 Å². The first-order chi connectivity index (χ1) is 10.3. The summed E-state index contributed by atoms with van der Waals surface area (Å²) in [6.07, 6.45) is 0. The molecule has 0 aliphatic heterocycles. The number of aryl methyl sites for hydroxylation is 1. The van der Waals surface area contributed by atoms with Gasteiger partial charge in [-0.05, 0) is 31.2 Å². The number of aromatic nitrogens is 1. The molecule has 21 heavy (non-hydrogen) atoms. The van der Waals surface area contributed by atoms with Gasteiger partial charge in [0, 0.05) is 0 Å². The van der Waals surface area contributed by atoms with Gasteiger partial charge in [0.05, 0.1) is 15.9 Å². The molecule has 1 heterocycles. The van der Waals surface area contributed by atoms with Crippen LogP contribution in [0.25, 0.3) is 10.2 Å². The van der Waals surface area contributed by atoms with Crippen molar-refractivity contribution in [1.29, 1.82) is 5.26 Å². The van der Waals surface area contributed by atoms with Crippen LogP contribution in [-0.2, 0) is 0 Å². The van der Waals surface area contributed by atoms with E-state index < -0.39 is 0 Å². The highest BCUT2D eigenvalue weighted by atomic mass is 32.1. The van der Waals surface area contributed by atoms with Crippen LogP contribution in [0.15, 0.2) is 53.6 Å². The second-order valence-corrected chi connectivity index (χ2v) is 5.57. The van der Waals surface area contributed by atoms with Crippen LogP contribution in [-0.4, -0.2) is 10.7 Å². The van der Waals surface area contributed by atoms with E-state index in [4.69, 9.17) is 0 Å². The number of fused-ring (bicyclic) bond motifs is 1. The summed E-state index contributed by atoms with van der Waals surface area (Å²) < 4.78 is 1.05.